The number of aryl methyl sites for hydroxylation is 1. The van der Waals surface area contributed by atoms with E-state index in [9.17, 15) is 4.79 Å². The third-order valence-electron chi connectivity index (χ3n) is 3.68. The second kappa shape index (κ2) is 8.36. The highest BCUT2D eigenvalue weighted by molar-refractivity contribution is 5.54. The molecule has 5 heteroatoms. The summed E-state index contributed by atoms with van der Waals surface area (Å²) in [5.41, 5.74) is 2.38. The molecule has 0 radical (unpaired) electrons. The highest BCUT2D eigenvalue weighted by Crippen LogP contribution is 2.18. The highest BCUT2D eigenvalue weighted by Gasteiger charge is 2.08. The van der Waals surface area contributed by atoms with Crippen molar-refractivity contribution in [3.63, 3.8) is 0 Å². The molecule has 2 aromatic rings. The van der Waals surface area contributed by atoms with Crippen LogP contribution in [0, 0.1) is 6.92 Å². The molecule has 2 rings (SSSR count). The number of H-pyrrole nitrogens is 1. The summed E-state index contributed by atoms with van der Waals surface area (Å²) < 4.78 is 5.41. The summed E-state index contributed by atoms with van der Waals surface area (Å²) in [7, 11) is 0. The van der Waals surface area contributed by atoms with Gasteiger partial charge >= 0.3 is 0 Å². The normalized spacial score (nSPS) is 10.6. The lowest BCUT2D eigenvalue weighted by Gasteiger charge is -2.10. The fraction of sp³-hybridized carbons (Fsp3) is 0.444. The first-order valence-electron chi connectivity index (χ1n) is 8.23. The summed E-state index contributed by atoms with van der Waals surface area (Å²) >= 11 is 0. The topological polar surface area (TPSA) is 67.0 Å². The average Bonchev–Trinajstić information content (AvgIpc) is 2.52. The second-order valence-corrected chi connectivity index (χ2v) is 5.52. The first-order valence-corrected chi connectivity index (χ1v) is 8.23. The van der Waals surface area contributed by atoms with Gasteiger partial charge in [-0.1, -0.05) is 19.8 Å². The zero-order chi connectivity index (χ0) is 16.7. The Hall–Kier alpha value is -2.30. The van der Waals surface area contributed by atoms with Gasteiger partial charge in [0.25, 0.3) is 5.56 Å². The second-order valence-electron chi connectivity index (χ2n) is 5.52. The van der Waals surface area contributed by atoms with Gasteiger partial charge in [0.2, 0.25) is 5.95 Å². The number of ether oxygens (including phenoxy) is 1. The maximum atomic E-state index is 12.2. The average molecular weight is 315 g/mol. The lowest BCUT2D eigenvalue weighted by atomic mass is 10.1. The number of aromatic nitrogens is 2. The number of anilines is 2. The molecule has 1 aromatic heterocycles. The maximum Gasteiger partial charge on any atom is 0.255 e. The smallest absolute Gasteiger partial charge is 0.255 e. The molecule has 124 valence electrons. The largest absolute Gasteiger partial charge is 0.494 e. The Bertz CT molecular complexity index is 678. The van der Waals surface area contributed by atoms with E-state index >= 15 is 0 Å². The van der Waals surface area contributed by atoms with Crippen LogP contribution in [0.1, 0.15) is 44.4 Å². The Kier molecular flexibility index (Phi) is 6.20. The molecule has 0 unspecified atom stereocenters. The fourth-order valence-electron chi connectivity index (χ4n) is 2.45. The van der Waals surface area contributed by atoms with Crippen molar-refractivity contribution in [3.8, 4) is 5.75 Å². The molecule has 0 atom stereocenters. The van der Waals surface area contributed by atoms with Crippen LogP contribution in [-0.4, -0.2) is 16.6 Å². The van der Waals surface area contributed by atoms with Gasteiger partial charge in [0.15, 0.2) is 0 Å². The van der Waals surface area contributed by atoms with Crippen LogP contribution in [0.25, 0.3) is 0 Å². The minimum Gasteiger partial charge on any atom is -0.494 e. The third kappa shape index (κ3) is 4.84. The van der Waals surface area contributed by atoms with Crippen LogP contribution in [0.4, 0.5) is 11.6 Å². The predicted octanol–water partition coefficient (Wildman–Crippen LogP) is 3.95. The molecular formula is C18H25N3O2. The lowest BCUT2D eigenvalue weighted by molar-refractivity contribution is 0.340. The molecule has 2 N–H and O–H groups in total. The lowest BCUT2D eigenvalue weighted by Crippen LogP contribution is -2.18. The monoisotopic (exact) mass is 315 g/mol. The van der Waals surface area contributed by atoms with Crippen molar-refractivity contribution in [1.29, 1.82) is 0 Å². The van der Waals surface area contributed by atoms with E-state index in [1.54, 1.807) is 0 Å². The van der Waals surface area contributed by atoms with Gasteiger partial charge in [-0.3, -0.25) is 9.78 Å². The van der Waals surface area contributed by atoms with Crippen molar-refractivity contribution in [3.05, 3.63) is 45.9 Å². The quantitative estimate of drug-likeness (QED) is 0.724. The zero-order valence-corrected chi connectivity index (χ0v) is 14.1. The number of hydrogen-bond donors (Lipinski definition) is 2. The van der Waals surface area contributed by atoms with Gasteiger partial charge in [0, 0.05) is 16.9 Å². The first-order chi connectivity index (χ1) is 11.1. The molecule has 1 aromatic carbocycles. The molecule has 1 heterocycles. The molecule has 0 aliphatic carbocycles. The third-order valence-corrected chi connectivity index (χ3v) is 3.68. The molecule has 0 bridgehead atoms. The summed E-state index contributed by atoms with van der Waals surface area (Å²) in [5, 5.41) is 3.13. The molecule has 0 fully saturated rings. The summed E-state index contributed by atoms with van der Waals surface area (Å²) in [6.07, 6.45) is 4.08. The van der Waals surface area contributed by atoms with Gasteiger partial charge in [-0.05, 0) is 51.0 Å². The van der Waals surface area contributed by atoms with Crippen molar-refractivity contribution in [2.45, 2.75) is 46.5 Å². The van der Waals surface area contributed by atoms with E-state index in [4.69, 9.17) is 4.74 Å². The van der Waals surface area contributed by atoms with Crippen molar-refractivity contribution >= 4 is 11.6 Å². The van der Waals surface area contributed by atoms with Crippen molar-refractivity contribution in [1.82, 2.24) is 9.97 Å². The SMILES string of the molecule is CCCCCc1c(C)nc(Nc2ccc(OCC)cc2)[nH]c1=O. The molecule has 23 heavy (non-hydrogen) atoms. The van der Waals surface area contributed by atoms with Gasteiger partial charge in [-0.2, -0.15) is 0 Å². The Morgan fingerprint density at radius 1 is 1.17 bits per heavy atom. The van der Waals surface area contributed by atoms with E-state index in [-0.39, 0.29) is 5.56 Å². The van der Waals surface area contributed by atoms with Crippen LogP contribution in [-0.2, 0) is 6.42 Å². The number of nitrogens with zero attached hydrogens (tertiary/aromatic N) is 1. The van der Waals surface area contributed by atoms with E-state index in [2.05, 4.69) is 22.2 Å². The summed E-state index contributed by atoms with van der Waals surface area (Å²) in [5.74, 6) is 1.29. The first kappa shape index (κ1) is 17.1. The molecule has 0 aliphatic heterocycles. The number of benzene rings is 1. The van der Waals surface area contributed by atoms with Gasteiger partial charge in [-0.15, -0.1) is 0 Å². The predicted molar refractivity (Wildman–Crippen MR) is 93.7 cm³/mol. The Balaban J connectivity index is 2.10. The van der Waals surface area contributed by atoms with Crippen molar-refractivity contribution < 1.29 is 4.74 Å². The van der Waals surface area contributed by atoms with E-state index < -0.39 is 0 Å². The number of nitrogens with one attached hydrogen (secondary N) is 2. The van der Waals surface area contributed by atoms with Crippen LogP contribution in [0.2, 0.25) is 0 Å². The number of aromatic amines is 1. The molecule has 0 spiro atoms. The summed E-state index contributed by atoms with van der Waals surface area (Å²) in [6.45, 7) is 6.63. The van der Waals surface area contributed by atoms with Gasteiger partial charge in [-0.25, -0.2) is 4.98 Å². The fourth-order valence-corrected chi connectivity index (χ4v) is 2.45. The molecule has 0 saturated carbocycles. The van der Waals surface area contributed by atoms with Crippen LogP contribution >= 0.6 is 0 Å². The molecule has 0 saturated heterocycles. The standard InChI is InChI=1S/C18H25N3O2/c1-4-6-7-8-16-13(3)19-18(21-17(16)22)20-14-9-11-15(12-10-14)23-5-2/h9-12H,4-8H2,1-3H3,(H2,19,20,21,22). The van der Waals surface area contributed by atoms with E-state index in [0.717, 1.165) is 48.4 Å². The number of rotatable bonds is 8. The van der Waals surface area contributed by atoms with Crippen LogP contribution < -0.4 is 15.6 Å². The molecular weight excluding hydrogens is 290 g/mol. The van der Waals surface area contributed by atoms with Crippen LogP contribution in [0.15, 0.2) is 29.1 Å². The van der Waals surface area contributed by atoms with Crippen molar-refractivity contribution in [2.75, 3.05) is 11.9 Å². The molecule has 0 aliphatic rings. The van der Waals surface area contributed by atoms with Gasteiger partial charge in [0.1, 0.15) is 5.75 Å². The summed E-state index contributed by atoms with van der Waals surface area (Å²) in [6, 6.07) is 7.57. The highest BCUT2D eigenvalue weighted by atomic mass is 16.5. The Morgan fingerprint density at radius 3 is 2.52 bits per heavy atom. The van der Waals surface area contributed by atoms with Crippen molar-refractivity contribution in [2.24, 2.45) is 0 Å². The van der Waals surface area contributed by atoms with E-state index in [1.807, 2.05) is 38.1 Å². The molecule has 0 amide bonds. The Labute approximate surface area is 137 Å². The number of unbranched alkanes of at least 4 members (excludes halogenated alkanes) is 2. The minimum atomic E-state index is -0.0537. The Morgan fingerprint density at radius 2 is 1.91 bits per heavy atom. The maximum absolute atomic E-state index is 12.2. The summed E-state index contributed by atoms with van der Waals surface area (Å²) in [4.78, 5) is 19.5. The van der Waals surface area contributed by atoms with Crippen LogP contribution in [0.5, 0.6) is 5.75 Å². The number of hydrogen-bond acceptors (Lipinski definition) is 4. The van der Waals surface area contributed by atoms with E-state index in [0.29, 0.717) is 12.6 Å². The molecule has 5 nitrogen and oxygen atoms in total. The van der Waals surface area contributed by atoms with Gasteiger partial charge in [0.05, 0.1) is 6.61 Å². The minimum absolute atomic E-state index is 0.0537. The van der Waals surface area contributed by atoms with Gasteiger partial charge < -0.3 is 10.1 Å². The zero-order valence-electron chi connectivity index (χ0n) is 14.1. The van der Waals surface area contributed by atoms with Crippen LogP contribution in [0.3, 0.4) is 0 Å². The van der Waals surface area contributed by atoms with E-state index in [1.165, 1.54) is 0 Å².